The van der Waals surface area contributed by atoms with E-state index in [2.05, 4.69) is 28.8 Å². The summed E-state index contributed by atoms with van der Waals surface area (Å²) in [6.07, 6.45) is 7.34. The van der Waals surface area contributed by atoms with E-state index in [-0.39, 0.29) is 6.04 Å². The molecule has 0 aromatic heterocycles. The van der Waals surface area contributed by atoms with E-state index in [1.165, 1.54) is 11.1 Å². The van der Waals surface area contributed by atoms with E-state index in [0.717, 1.165) is 24.8 Å². The van der Waals surface area contributed by atoms with E-state index >= 15 is 0 Å². The first-order valence-corrected chi connectivity index (χ1v) is 4.45. The van der Waals surface area contributed by atoms with Crippen LogP contribution in [0.3, 0.4) is 0 Å². The standard InChI is InChI=1S/C10H11N3/c1-7-9-5-3-2-4-8(9)6-10(7)12-13-11/h3,5,10H,1-2,4,6H2/t10-/m1/s1. The highest BCUT2D eigenvalue weighted by Crippen LogP contribution is 2.38. The Morgan fingerprint density at radius 2 is 2.46 bits per heavy atom. The van der Waals surface area contributed by atoms with E-state index < -0.39 is 0 Å². The summed E-state index contributed by atoms with van der Waals surface area (Å²) in [5, 5.41) is 3.73. The SMILES string of the molecule is C=C1C2=C(CCC=C2)C[C@H]1N=[N+]=[N-]. The lowest BCUT2D eigenvalue weighted by Gasteiger charge is -2.06. The van der Waals surface area contributed by atoms with Crippen molar-refractivity contribution < 1.29 is 0 Å². The van der Waals surface area contributed by atoms with E-state index in [1.54, 1.807) is 0 Å². The van der Waals surface area contributed by atoms with Gasteiger partial charge in [0.2, 0.25) is 0 Å². The number of nitrogens with zero attached hydrogens (tertiary/aromatic N) is 3. The molecule has 2 aliphatic rings. The fourth-order valence-electron chi connectivity index (χ4n) is 1.97. The van der Waals surface area contributed by atoms with Crippen LogP contribution in [-0.2, 0) is 0 Å². The lowest BCUT2D eigenvalue weighted by molar-refractivity contribution is 0.776. The minimum absolute atomic E-state index is 0.0299. The average molecular weight is 173 g/mol. The Bertz CT molecular complexity index is 356. The Hall–Kier alpha value is -1.47. The third-order valence-electron chi connectivity index (χ3n) is 2.66. The first kappa shape index (κ1) is 8.14. The molecule has 0 amide bonds. The number of rotatable bonds is 1. The van der Waals surface area contributed by atoms with Gasteiger partial charge in [-0.25, -0.2) is 0 Å². The van der Waals surface area contributed by atoms with Crippen molar-refractivity contribution in [3.05, 3.63) is 45.9 Å². The highest BCUT2D eigenvalue weighted by atomic mass is 15.1. The number of azide groups is 1. The lowest BCUT2D eigenvalue weighted by atomic mass is 9.99. The van der Waals surface area contributed by atoms with Gasteiger partial charge in [0, 0.05) is 4.91 Å². The minimum atomic E-state index is -0.0299. The molecule has 0 aromatic carbocycles. The molecule has 0 aliphatic heterocycles. The molecule has 0 saturated carbocycles. The van der Waals surface area contributed by atoms with E-state index in [0.29, 0.717) is 0 Å². The molecule has 0 fully saturated rings. The molecule has 0 bridgehead atoms. The van der Waals surface area contributed by atoms with Crippen LogP contribution >= 0.6 is 0 Å². The second kappa shape index (κ2) is 3.11. The molecule has 0 radical (unpaired) electrons. The van der Waals surface area contributed by atoms with Crippen LogP contribution in [-0.4, -0.2) is 6.04 Å². The normalized spacial score (nSPS) is 25.8. The van der Waals surface area contributed by atoms with Gasteiger partial charge in [0.25, 0.3) is 0 Å². The molecule has 2 aliphatic carbocycles. The lowest BCUT2D eigenvalue weighted by Crippen LogP contribution is -1.99. The van der Waals surface area contributed by atoms with Gasteiger partial charge in [0.15, 0.2) is 0 Å². The van der Waals surface area contributed by atoms with E-state index in [1.807, 2.05) is 0 Å². The quantitative estimate of drug-likeness (QED) is 0.332. The zero-order chi connectivity index (χ0) is 9.26. The minimum Gasteiger partial charge on any atom is -0.0948 e. The first-order chi connectivity index (χ1) is 6.33. The van der Waals surface area contributed by atoms with Gasteiger partial charge in [-0.2, -0.15) is 0 Å². The molecule has 2 rings (SSSR count). The van der Waals surface area contributed by atoms with Gasteiger partial charge in [0.1, 0.15) is 0 Å². The summed E-state index contributed by atoms with van der Waals surface area (Å²) < 4.78 is 0. The van der Waals surface area contributed by atoms with Crippen LogP contribution in [0, 0.1) is 0 Å². The maximum atomic E-state index is 8.36. The molecular weight excluding hydrogens is 162 g/mol. The molecule has 0 spiro atoms. The van der Waals surface area contributed by atoms with Crippen molar-refractivity contribution in [2.24, 2.45) is 5.11 Å². The van der Waals surface area contributed by atoms with Crippen molar-refractivity contribution in [2.75, 3.05) is 0 Å². The van der Waals surface area contributed by atoms with Crippen LogP contribution in [0.1, 0.15) is 19.3 Å². The topological polar surface area (TPSA) is 48.8 Å². The van der Waals surface area contributed by atoms with Crippen molar-refractivity contribution in [3.63, 3.8) is 0 Å². The number of hydrogen-bond donors (Lipinski definition) is 0. The molecule has 0 saturated heterocycles. The molecule has 3 nitrogen and oxygen atoms in total. The van der Waals surface area contributed by atoms with Crippen molar-refractivity contribution in [3.8, 4) is 0 Å². The Morgan fingerprint density at radius 3 is 3.15 bits per heavy atom. The van der Waals surface area contributed by atoms with Gasteiger partial charge < -0.3 is 0 Å². The molecule has 0 aromatic rings. The van der Waals surface area contributed by atoms with Gasteiger partial charge >= 0.3 is 0 Å². The zero-order valence-electron chi connectivity index (χ0n) is 7.40. The fourth-order valence-corrected chi connectivity index (χ4v) is 1.97. The van der Waals surface area contributed by atoms with Crippen LogP contribution in [0.4, 0.5) is 0 Å². The summed E-state index contributed by atoms with van der Waals surface area (Å²) >= 11 is 0. The molecule has 66 valence electrons. The van der Waals surface area contributed by atoms with Gasteiger partial charge in [-0.05, 0) is 35.9 Å². The predicted molar refractivity (Wildman–Crippen MR) is 52.1 cm³/mol. The Morgan fingerprint density at radius 1 is 1.62 bits per heavy atom. The van der Waals surface area contributed by atoms with Crippen LogP contribution in [0.15, 0.2) is 40.6 Å². The van der Waals surface area contributed by atoms with Crippen LogP contribution in [0.25, 0.3) is 10.4 Å². The van der Waals surface area contributed by atoms with Crippen molar-refractivity contribution in [1.82, 2.24) is 0 Å². The van der Waals surface area contributed by atoms with E-state index in [4.69, 9.17) is 5.53 Å². The molecule has 0 heterocycles. The molecule has 0 unspecified atom stereocenters. The average Bonchev–Trinajstić information content (AvgIpc) is 2.46. The number of allylic oxidation sites excluding steroid dienone is 2. The zero-order valence-corrected chi connectivity index (χ0v) is 7.40. The molecule has 3 heteroatoms. The second-order valence-corrected chi connectivity index (χ2v) is 3.41. The summed E-state index contributed by atoms with van der Waals surface area (Å²) in [5.74, 6) is 0. The molecule has 13 heavy (non-hydrogen) atoms. The maximum absolute atomic E-state index is 8.36. The Balaban J connectivity index is 2.29. The smallest absolute Gasteiger partial charge is 0.0662 e. The van der Waals surface area contributed by atoms with E-state index in [9.17, 15) is 0 Å². The third-order valence-corrected chi connectivity index (χ3v) is 2.66. The van der Waals surface area contributed by atoms with Crippen LogP contribution < -0.4 is 0 Å². The van der Waals surface area contributed by atoms with Crippen molar-refractivity contribution in [1.29, 1.82) is 0 Å². The maximum Gasteiger partial charge on any atom is 0.0662 e. The summed E-state index contributed by atoms with van der Waals surface area (Å²) in [7, 11) is 0. The summed E-state index contributed by atoms with van der Waals surface area (Å²) in [4.78, 5) is 2.84. The van der Waals surface area contributed by atoms with Gasteiger partial charge in [-0.15, -0.1) is 0 Å². The summed E-state index contributed by atoms with van der Waals surface area (Å²) in [6.45, 7) is 3.96. The van der Waals surface area contributed by atoms with Gasteiger partial charge in [-0.1, -0.05) is 29.4 Å². The van der Waals surface area contributed by atoms with Gasteiger partial charge in [0.05, 0.1) is 6.04 Å². The van der Waals surface area contributed by atoms with Crippen molar-refractivity contribution >= 4 is 0 Å². The summed E-state index contributed by atoms with van der Waals surface area (Å²) in [5.41, 5.74) is 12.0. The van der Waals surface area contributed by atoms with Crippen molar-refractivity contribution in [2.45, 2.75) is 25.3 Å². The first-order valence-electron chi connectivity index (χ1n) is 4.45. The third kappa shape index (κ3) is 1.27. The summed E-state index contributed by atoms with van der Waals surface area (Å²) in [6, 6.07) is -0.0299. The predicted octanol–water partition coefficient (Wildman–Crippen LogP) is 3.27. The van der Waals surface area contributed by atoms with Crippen LogP contribution in [0.2, 0.25) is 0 Å². The highest BCUT2D eigenvalue weighted by Gasteiger charge is 2.26. The van der Waals surface area contributed by atoms with Gasteiger partial charge in [-0.3, -0.25) is 0 Å². The molecule has 0 N–H and O–H groups in total. The fraction of sp³-hybridized carbons (Fsp3) is 0.400. The highest BCUT2D eigenvalue weighted by molar-refractivity contribution is 5.52. The monoisotopic (exact) mass is 173 g/mol. The van der Waals surface area contributed by atoms with Crippen LogP contribution in [0.5, 0.6) is 0 Å². The number of hydrogen-bond acceptors (Lipinski definition) is 1. The Kier molecular flexibility index (Phi) is 1.95. The molecular formula is C10H11N3. The Labute approximate surface area is 77.1 Å². The second-order valence-electron chi connectivity index (χ2n) is 3.41. The molecule has 1 atom stereocenters. The largest absolute Gasteiger partial charge is 0.0948 e.